The van der Waals surface area contributed by atoms with Crippen LogP contribution in [0.3, 0.4) is 0 Å². The van der Waals surface area contributed by atoms with Crippen molar-refractivity contribution >= 4 is 5.97 Å². The second kappa shape index (κ2) is 6.06. The zero-order chi connectivity index (χ0) is 12.0. The standard InChI is InChI=1S/C10H13NO5/c11-16-9-3-1-7(2-4-9)10(14)15-6-8(13)5-12/h1-4,8,12-13H,5-6,11H2. The smallest absolute Gasteiger partial charge is 0.338 e. The average Bonchev–Trinajstić information content (AvgIpc) is 2.35. The summed E-state index contributed by atoms with van der Waals surface area (Å²) in [5, 5.41) is 17.5. The molecule has 1 rings (SSSR count). The summed E-state index contributed by atoms with van der Waals surface area (Å²) in [4.78, 5) is 15.8. The number of esters is 1. The van der Waals surface area contributed by atoms with Crippen molar-refractivity contribution in [2.75, 3.05) is 13.2 Å². The molecule has 1 atom stereocenters. The molecule has 0 aromatic heterocycles. The fourth-order valence-electron chi connectivity index (χ4n) is 0.978. The molecule has 6 heteroatoms. The van der Waals surface area contributed by atoms with Crippen molar-refractivity contribution in [3.05, 3.63) is 29.8 Å². The van der Waals surface area contributed by atoms with E-state index in [-0.39, 0.29) is 6.61 Å². The lowest BCUT2D eigenvalue weighted by atomic mass is 10.2. The van der Waals surface area contributed by atoms with Gasteiger partial charge in [-0.05, 0) is 24.3 Å². The summed E-state index contributed by atoms with van der Waals surface area (Å²) in [6.07, 6.45) is -1.06. The summed E-state index contributed by atoms with van der Waals surface area (Å²) < 4.78 is 4.73. The number of carbonyl (C=O) groups is 1. The molecule has 4 N–H and O–H groups in total. The van der Waals surface area contributed by atoms with Crippen LogP contribution in [-0.4, -0.2) is 35.5 Å². The highest BCUT2D eigenvalue weighted by atomic mass is 16.6. The quantitative estimate of drug-likeness (QED) is 0.460. The largest absolute Gasteiger partial charge is 0.459 e. The van der Waals surface area contributed by atoms with E-state index in [1.54, 1.807) is 0 Å². The van der Waals surface area contributed by atoms with Crippen LogP contribution < -0.4 is 10.7 Å². The molecule has 0 saturated heterocycles. The maximum absolute atomic E-state index is 11.4. The van der Waals surface area contributed by atoms with Gasteiger partial charge in [-0.25, -0.2) is 4.79 Å². The van der Waals surface area contributed by atoms with Gasteiger partial charge in [0, 0.05) is 0 Å². The minimum absolute atomic E-state index is 0.246. The summed E-state index contributed by atoms with van der Waals surface area (Å²) in [7, 11) is 0. The zero-order valence-electron chi connectivity index (χ0n) is 8.50. The third-order valence-electron chi connectivity index (χ3n) is 1.84. The van der Waals surface area contributed by atoms with Crippen molar-refractivity contribution in [1.82, 2.24) is 0 Å². The lowest BCUT2D eigenvalue weighted by molar-refractivity contribution is 0.00933. The van der Waals surface area contributed by atoms with Gasteiger partial charge in [0.15, 0.2) is 0 Å². The molecule has 0 radical (unpaired) electrons. The second-order valence-electron chi connectivity index (χ2n) is 3.08. The molecule has 1 aromatic carbocycles. The third kappa shape index (κ3) is 3.50. The molecule has 0 aliphatic carbocycles. The van der Waals surface area contributed by atoms with Crippen LogP contribution in [0.25, 0.3) is 0 Å². The Morgan fingerprint density at radius 2 is 2.00 bits per heavy atom. The minimum Gasteiger partial charge on any atom is -0.459 e. The van der Waals surface area contributed by atoms with E-state index in [9.17, 15) is 4.79 Å². The average molecular weight is 227 g/mol. The Bertz CT molecular complexity index is 338. The van der Waals surface area contributed by atoms with E-state index in [0.717, 1.165) is 0 Å². The number of nitrogens with two attached hydrogens (primary N) is 1. The number of benzene rings is 1. The molecule has 0 spiro atoms. The van der Waals surface area contributed by atoms with Crippen molar-refractivity contribution in [2.24, 2.45) is 5.90 Å². The number of aliphatic hydroxyl groups is 2. The van der Waals surface area contributed by atoms with Gasteiger partial charge in [-0.1, -0.05) is 0 Å². The van der Waals surface area contributed by atoms with Gasteiger partial charge in [0.25, 0.3) is 0 Å². The third-order valence-corrected chi connectivity index (χ3v) is 1.84. The number of hydrogen-bond donors (Lipinski definition) is 3. The topological polar surface area (TPSA) is 102 Å². The fourth-order valence-corrected chi connectivity index (χ4v) is 0.978. The van der Waals surface area contributed by atoms with E-state index in [4.69, 9.17) is 20.8 Å². The molecule has 0 bridgehead atoms. The summed E-state index contributed by atoms with van der Waals surface area (Å²) in [6, 6.07) is 5.99. The second-order valence-corrected chi connectivity index (χ2v) is 3.08. The first-order valence-electron chi connectivity index (χ1n) is 4.60. The first-order valence-corrected chi connectivity index (χ1v) is 4.60. The molecular formula is C10H13NO5. The Morgan fingerprint density at radius 1 is 1.38 bits per heavy atom. The number of rotatable bonds is 5. The van der Waals surface area contributed by atoms with Crippen LogP contribution in [0.15, 0.2) is 24.3 Å². The van der Waals surface area contributed by atoms with E-state index < -0.39 is 18.7 Å². The molecule has 6 nitrogen and oxygen atoms in total. The fraction of sp³-hybridized carbons (Fsp3) is 0.300. The van der Waals surface area contributed by atoms with E-state index >= 15 is 0 Å². The van der Waals surface area contributed by atoms with Gasteiger partial charge < -0.3 is 19.8 Å². The van der Waals surface area contributed by atoms with Gasteiger partial charge >= 0.3 is 5.97 Å². The van der Waals surface area contributed by atoms with Gasteiger partial charge in [-0.3, -0.25) is 0 Å². The molecule has 16 heavy (non-hydrogen) atoms. The lowest BCUT2D eigenvalue weighted by Gasteiger charge is -2.08. The molecular weight excluding hydrogens is 214 g/mol. The van der Waals surface area contributed by atoms with E-state index in [1.165, 1.54) is 24.3 Å². The molecule has 1 unspecified atom stereocenters. The van der Waals surface area contributed by atoms with Gasteiger partial charge in [-0.2, -0.15) is 5.90 Å². The molecule has 0 fully saturated rings. The number of carbonyl (C=O) groups excluding carboxylic acids is 1. The maximum Gasteiger partial charge on any atom is 0.338 e. The van der Waals surface area contributed by atoms with Gasteiger partial charge in [0.05, 0.1) is 12.2 Å². The van der Waals surface area contributed by atoms with Crippen LogP contribution in [0.5, 0.6) is 5.75 Å². The first kappa shape index (κ1) is 12.4. The summed E-state index contributed by atoms with van der Waals surface area (Å²) in [5.41, 5.74) is 0.311. The summed E-state index contributed by atoms with van der Waals surface area (Å²) in [5.74, 6) is 4.75. The van der Waals surface area contributed by atoms with Crippen LogP contribution in [0.2, 0.25) is 0 Å². The number of hydrogen-bond acceptors (Lipinski definition) is 6. The van der Waals surface area contributed by atoms with Gasteiger partial charge in [-0.15, -0.1) is 0 Å². The van der Waals surface area contributed by atoms with E-state index in [0.29, 0.717) is 11.3 Å². The highest BCUT2D eigenvalue weighted by Gasteiger charge is 2.10. The molecule has 88 valence electrons. The van der Waals surface area contributed by atoms with Crippen molar-refractivity contribution in [1.29, 1.82) is 0 Å². The van der Waals surface area contributed by atoms with E-state index in [1.807, 2.05) is 0 Å². The normalized spacial score (nSPS) is 11.9. The SMILES string of the molecule is NOc1ccc(C(=O)OCC(O)CO)cc1. The predicted molar refractivity (Wildman–Crippen MR) is 54.6 cm³/mol. The van der Waals surface area contributed by atoms with Crippen molar-refractivity contribution < 1.29 is 24.6 Å². The maximum atomic E-state index is 11.4. The Labute approximate surface area is 92.2 Å². The van der Waals surface area contributed by atoms with Crippen LogP contribution >= 0.6 is 0 Å². The highest BCUT2D eigenvalue weighted by molar-refractivity contribution is 5.89. The predicted octanol–water partition coefficient (Wildman–Crippen LogP) is -0.551. The Balaban J connectivity index is 2.52. The van der Waals surface area contributed by atoms with Crippen LogP contribution in [0.1, 0.15) is 10.4 Å². The van der Waals surface area contributed by atoms with Crippen molar-refractivity contribution in [3.8, 4) is 5.75 Å². The monoisotopic (exact) mass is 227 g/mol. The Morgan fingerprint density at radius 3 is 2.50 bits per heavy atom. The van der Waals surface area contributed by atoms with Crippen LogP contribution in [0.4, 0.5) is 0 Å². The van der Waals surface area contributed by atoms with Crippen molar-refractivity contribution in [3.63, 3.8) is 0 Å². The Hall–Kier alpha value is -1.63. The summed E-state index contributed by atoms with van der Waals surface area (Å²) in [6.45, 7) is -0.697. The molecule has 0 heterocycles. The van der Waals surface area contributed by atoms with Gasteiger partial charge in [0.2, 0.25) is 0 Å². The van der Waals surface area contributed by atoms with Crippen molar-refractivity contribution in [2.45, 2.75) is 6.10 Å². The minimum atomic E-state index is -1.06. The lowest BCUT2D eigenvalue weighted by Crippen LogP contribution is -2.21. The summed E-state index contributed by atoms with van der Waals surface area (Å²) >= 11 is 0. The molecule has 1 aromatic rings. The molecule has 0 amide bonds. The van der Waals surface area contributed by atoms with Gasteiger partial charge in [0.1, 0.15) is 18.5 Å². The Kier molecular flexibility index (Phi) is 4.71. The molecule has 0 aliphatic rings. The molecule has 0 aliphatic heterocycles. The van der Waals surface area contributed by atoms with Crippen LogP contribution in [0, 0.1) is 0 Å². The first-order chi connectivity index (χ1) is 7.67. The highest BCUT2D eigenvalue weighted by Crippen LogP contribution is 2.11. The van der Waals surface area contributed by atoms with E-state index in [2.05, 4.69) is 4.84 Å². The molecule has 0 saturated carbocycles. The zero-order valence-corrected chi connectivity index (χ0v) is 8.50. The number of aliphatic hydroxyl groups excluding tert-OH is 2. The number of ether oxygens (including phenoxy) is 1. The van der Waals surface area contributed by atoms with Crippen LogP contribution in [-0.2, 0) is 4.74 Å².